The van der Waals surface area contributed by atoms with Gasteiger partial charge in [-0.2, -0.15) is 0 Å². The van der Waals surface area contributed by atoms with E-state index in [9.17, 15) is 0 Å². The molecule has 58 valence electrons. The molecule has 0 aromatic carbocycles. The number of hydrogen-bond acceptors (Lipinski definition) is 1. The molecule has 2 rings (SSSR count). The normalized spacial score (nSPS) is 31.2. The van der Waals surface area contributed by atoms with E-state index in [1.807, 2.05) is 0 Å². The van der Waals surface area contributed by atoms with Crippen LogP contribution >= 0.6 is 0 Å². The third-order valence-electron chi connectivity index (χ3n) is 3.31. The average molecular weight is 139 g/mol. The van der Waals surface area contributed by atoms with Crippen LogP contribution in [-0.2, 0) is 0 Å². The summed E-state index contributed by atoms with van der Waals surface area (Å²) in [5, 5.41) is 3.47. The molecule has 1 heterocycles. The van der Waals surface area contributed by atoms with E-state index in [1.165, 1.54) is 51.6 Å². The Morgan fingerprint density at radius 3 is 2.30 bits per heavy atom. The Labute approximate surface area is 63.2 Å². The van der Waals surface area contributed by atoms with Crippen LogP contribution in [0.1, 0.15) is 38.5 Å². The largest absolute Gasteiger partial charge is 0.317 e. The van der Waals surface area contributed by atoms with Crippen molar-refractivity contribution in [2.75, 3.05) is 13.1 Å². The molecule has 1 spiro atoms. The SMILES string of the molecule is C1CNCCC2(C1)CCC2. The van der Waals surface area contributed by atoms with E-state index in [2.05, 4.69) is 5.32 Å². The van der Waals surface area contributed by atoms with Crippen molar-refractivity contribution in [2.45, 2.75) is 38.5 Å². The van der Waals surface area contributed by atoms with Gasteiger partial charge in [-0.1, -0.05) is 6.42 Å². The third kappa shape index (κ3) is 1.07. The van der Waals surface area contributed by atoms with Gasteiger partial charge in [0.05, 0.1) is 0 Å². The van der Waals surface area contributed by atoms with Crippen molar-refractivity contribution < 1.29 is 0 Å². The van der Waals surface area contributed by atoms with Crippen molar-refractivity contribution in [2.24, 2.45) is 5.41 Å². The van der Waals surface area contributed by atoms with E-state index >= 15 is 0 Å². The zero-order chi connectivity index (χ0) is 6.86. The third-order valence-corrected chi connectivity index (χ3v) is 3.31. The molecule has 10 heavy (non-hydrogen) atoms. The number of rotatable bonds is 0. The Morgan fingerprint density at radius 1 is 0.800 bits per heavy atom. The monoisotopic (exact) mass is 139 g/mol. The summed E-state index contributed by atoms with van der Waals surface area (Å²) < 4.78 is 0. The Kier molecular flexibility index (Phi) is 1.69. The highest BCUT2D eigenvalue weighted by atomic mass is 14.9. The van der Waals surface area contributed by atoms with E-state index < -0.39 is 0 Å². The lowest BCUT2D eigenvalue weighted by Gasteiger charge is -2.41. The topological polar surface area (TPSA) is 12.0 Å². The molecule has 1 nitrogen and oxygen atoms in total. The molecule has 2 aliphatic rings. The van der Waals surface area contributed by atoms with Gasteiger partial charge in [0, 0.05) is 0 Å². The van der Waals surface area contributed by atoms with Crippen LogP contribution in [0.4, 0.5) is 0 Å². The molecule has 1 heteroatoms. The van der Waals surface area contributed by atoms with Crippen LogP contribution in [0.3, 0.4) is 0 Å². The predicted octanol–water partition coefficient (Wildman–Crippen LogP) is 1.93. The first-order valence-electron chi connectivity index (χ1n) is 4.62. The molecule has 0 radical (unpaired) electrons. The van der Waals surface area contributed by atoms with Crippen molar-refractivity contribution in [3.8, 4) is 0 Å². The molecular formula is C9H17N. The van der Waals surface area contributed by atoms with Gasteiger partial charge in [-0.3, -0.25) is 0 Å². The van der Waals surface area contributed by atoms with Crippen LogP contribution in [-0.4, -0.2) is 13.1 Å². The van der Waals surface area contributed by atoms with Gasteiger partial charge in [-0.05, 0) is 50.6 Å². The minimum absolute atomic E-state index is 0.823. The van der Waals surface area contributed by atoms with Gasteiger partial charge in [-0.15, -0.1) is 0 Å². The fraction of sp³-hybridized carbons (Fsp3) is 1.00. The summed E-state index contributed by atoms with van der Waals surface area (Å²) in [6, 6.07) is 0. The highest BCUT2D eigenvalue weighted by Gasteiger charge is 2.36. The van der Waals surface area contributed by atoms with Crippen molar-refractivity contribution in [3.05, 3.63) is 0 Å². The fourth-order valence-electron chi connectivity index (χ4n) is 2.37. The lowest BCUT2D eigenvalue weighted by Crippen LogP contribution is -2.30. The Balaban J connectivity index is 1.92. The van der Waals surface area contributed by atoms with Crippen LogP contribution in [0.15, 0.2) is 0 Å². The van der Waals surface area contributed by atoms with Crippen LogP contribution < -0.4 is 5.32 Å². The van der Waals surface area contributed by atoms with Gasteiger partial charge in [0.15, 0.2) is 0 Å². The van der Waals surface area contributed by atoms with E-state index in [0.29, 0.717) is 0 Å². The highest BCUT2D eigenvalue weighted by molar-refractivity contribution is 4.89. The first kappa shape index (κ1) is 6.66. The maximum atomic E-state index is 3.47. The van der Waals surface area contributed by atoms with E-state index in [-0.39, 0.29) is 0 Å². The summed E-state index contributed by atoms with van der Waals surface area (Å²) in [5.74, 6) is 0. The molecule has 0 unspecified atom stereocenters. The summed E-state index contributed by atoms with van der Waals surface area (Å²) >= 11 is 0. The lowest BCUT2D eigenvalue weighted by molar-refractivity contribution is 0.114. The molecular weight excluding hydrogens is 122 g/mol. The highest BCUT2D eigenvalue weighted by Crippen LogP contribution is 2.47. The quantitative estimate of drug-likeness (QED) is 0.540. The van der Waals surface area contributed by atoms with Crippen molar-refractivity contribution in [3.63, 3.8) is 0 Å². The Hall–Kier alpha value is -0.0400. The van der Waals surface area contributed by atoms with Crippen molar-refractivity contribution in [1.29, 1.82) is 0 Å². The second-order valence-electron chi connectivity index (χ2n) is 3.96. The molecule has 0 aromatic rings. The van der Waals surface area contributed by atoms with Crippen molar-refractivity contribution >= 4 is 0 Å². The smallest absolute Gasteiger partial charge is 0.00436 e. The summed E-state index contributed by atoms with van der Waals surface area (Å²) in [6.07, 6.45) is 8.91. The predicted molar refractivity (Wildman–Crippen MR) is 43.0 cm³/mol. The van der Waals surface area contributed by atoms with Crippen LogP contribution in [0, 0.1) is 5.41 Å². The number of hydrogen-bond donors (Lipinski definition) is 1. The molecule has 1 N–H and O–H groups in total. The van der Waals surface area contributed by atoms with Gasteiger partial charge in [0.2, 0.25) is 0 Å². The summed E-state index contributed by atoms with van der Waals surface area (Å²) in [7, 11) is 0. The van der Waals surface area contributed by atoms with Crippen LogP contribution in [0.25, 0.3) is 0 Å². The maximum Gasteiger partial charge on any atom is -0.00436 e. The first-order valence-corrected chi connectivity index (χ1v) is 4.62. The zero-order valence-electron chi connectivity index (χ0n) is 6.66. The fourth-order valence-corrected chi connectivity index (χ4v) is 2.37. The van der Waals surface area contributed by atoms with Crippen LogP contribution in [0.2, 0.25) is 0 Å². The van der Waals surface area contributed by atoms with Gasteiger partial charge >= 0.3 is 0 Å². The molecule has 2 fully saturated rings. The maximum absolute atomic E-state index is 3.47. The molecule has 0 atom stereocenters. The Bertz CT molecular complexity index is 106. The standard InChI is InChI=1S/C9H17N/c1-3-9(4-1)5-2-7-10-8-6-9/h10H,1-8H2. The molecule has 1 saturated heterocycles. The zero-order valence-corrected chi connectivity index (χ0v) is 6.66. The second-order valence-corrected chi connectivity index (χ2v) is 3.96. The minimum Gasteiger partial charge on any atom is -0.317 e. The average Bonchev–Trinajstić information content (AvgIpc) is 2.08. The number of nitrogens with one attached hydrogen (secondary N) is 1. The minimum atomic E-state index is 0.823. The lowest BCUT2D eigenvalue weighted by atomic mass is 9.64. The molecule has 0 bridgehead atoms. The molecule has 1 saturated carbocycles. The second kappa shape index (κ2) is 2.54. The van der Waals surface area contributed by atoms with Crippen molar-refractivity contribution in [1.82, 2.24) is 5.32 Å². The summed E-state index contributed by atoms with van der Waals surface area (Å²) in [6.45, 7) is 2.54. The van der Waals surface area contributed by atoms with Crippen LogP contribution in [0.5, 0.6) is 0 Å². The molecule has 0 aromatic heterocycles. The molecule has 0 amide bonds. The first-order chi connectivity index (χ1) is 4.91. The summed E-state index contributed by atoms with van der Waals surface area (Å²) in [4.78, 5) is 0. The van der Waals surface area contributed by atoms with Gasteiger partial charge in [0.1, 0.15) is 0 Å². The molecule has 1 aliphatic heterocycles. The van der Waals surface area contributed by atoms with E-state index in [1.54, 1.807) is 0 Å². The van der Waals surface area contributed by atoms with Gasteiger partial charge in [0.25, 0.3) is 0 Å². The van der Waals surface area contributed by atoms with Gasteiger partial charge in [-0.25, -0.2) is 0 Å². The van der Waals surface area contributed by atoms with E-state index in [4.69, 9.17) is 0 Å². The Morgan fingerprint density at radius 2 is 1.60 bits per heavy atom. The van der Waals surface area contributed by atoms with E-state index in [0.717, 1.165) is 5.41 Å². The molecule has 1 aliphatic carbocycles. The summed E-state index contributed by atoms with van der Waals surface area (Å²) in [5.41, 5.74) is 0.823. The van der Waals surface area contributed by atoms with Gasteiger partial charge < -0.3 is 5.32 Å².